The molecule has 44 heavy (non-hydrogen) atoms. The first-order chi connectivity index (χ1) is 21.2. The Labute approximate surface area is 252 Å². The highest BCUT2D eigenvalue weighted by atomic mass is 32.1. The summed E-state index contributed by atoms with van der Waals surface area (Å²) < 4.78 is 72.5. The number of nitrogens with zero attached hydrogens (tertiary/aromatic N) is 6. The molecule has 0 unspecified atom stereocenters. The number of thiazole rings is 1. The number of halogens is 4. The van der Waals surface area contributed by atoms with Crippen LogP contribution in [-0.2, 0) is 4.79 Å². The maximum Gasteiger partial charge on any atom is 0.320 e. The Morgan fingerprint density at radius 2 is 2.02 bits per heavy atom. The molecule has 10 nitrogen and oxygen atoms in total. The fraction of sp³-hybridized carbons (Fsp3) is 0.414. The zero-order chi connectivity index (χ0) is 30.7. The number of anilines is 1. The molecule has 0 aliphatic carbocycles. The van der Waals surface area contributed by atoms with Crippen molar-refractivity contribution < 1.29 is 31.8 Å². The lowest BCUT2D eigenvalue weighted by Crippen LogP contribution is -2.43. The van der Waals surface area contributed by atoms with Crippen molar-refractivity contribution in [2.24, 2.45) is 0 Å². The molecule has 1 amide bonds. The molecule has 0 saturated carbocycles. The Hall–Kier alpha value is -4.11. The molecule has 0 bridgehead atoms. The van der Waals surface area contributed by atoms with Gasteiger partial charge in [-0.1, -0.05) is 17.9 Å². The number of alkyl halides is 1. The average molecular weight is 630 g/mol. The van der Waals surface area contributed by atoms with E-state index >= 15 is 8.78 Å². The zero-order valence-electron chi connectivity index (χ0n) is 23.4. The maximum absolute atomic E-state index is 16.4. The van der Waals surface area contributed by atoms with Crippen LogP contribution in [0, 0.1) is 17.5 Å². The normalized spacial score (nSPS) is 23.5. The van der Waals surface area contributed by atoms with Crippen molar-refractivity contribution in [1.82, 2.24) is 29.7 Å². The number of hydrogen-bond acceptors (Lipinski definition) is 10. The molecule has 0 spiro atoms. The van der Waals surface area contributed by atoms with Gasteiger partial charge in [-0.3, -0.25) is 14.7 Å². The number of likely N-dealkylation sites (tertiary alicyclic amines) is 1. The number of rotatable bonds is 7. The fourth-order valence-corrected chi connectivity index (χ4v) is 7.30. The highest BCUT2D eigenvalue weighted by molar-refractivity contribution is 7.22. The number of pyridine rings is 1. The van der Waals surface area contributed by atoms with Crippen LogP contribution in [0.2, 0.25) is 0 Å². The SMILES string of the molecule is C=CC(=O)N1CC[C@@H](Oc2nc(OC[C@@]34CCCN3C[C@H](F)C4)nc3c(F)c(-c4c(F)cc(F)c5sc(N)nc45)ncc23)C1. The molecule has 15 heteroatoms. The fourth-order valence-electron chi connectivity index (χ4n) is 6.55. The van der Waals surface area contributed by atoms with Gasteiger partial charge in [0.1, 0.15) is 41.7 Å². The summed E-state index contributed by atoms with van der Waals surface area (Å²) in [7, 11) is 0. The lowest BCUT2D eigenvalue weighted by molar-refractivity contribution is -0.125. The summed E-state index contributed by atoms with van der Waals surface area (Å²) >= 11 is 0.802. The van der Waals surface area contributed by atoms with Gasteiger partial charge in [-0.2, -0.15) is 9.97 Å². The number of nitrogen functional groups attached to an aromatic ring is 1. The van der Waals surface area contributed by atoms with Crippen molar-refractivity contribution in [3.05, 3.63) is 42.4 Å². The Balaban J connectivity index is 1.31. The van der Waals surface area contributed by atoms with Gasteiger partial charge in [0, 0.05) is 38.2 Å². The number of benzene rings is 1. The van der Waals surface area contributed by atoms with Gasteiger partial charge in [-0.25, -0.2) is 22.5 Å². The zero-order valence-corrected chi connectivity index (χ0v) is 24.2. The third kappa shape index (κ3) is 4.78. The molecule has 230 valence electrons. The van der Waals surface area contributed by atoms with E-state index in [4.69, 9.17) is 15.2 Å². The Kier molecular flexibility index (Phi) is 7.03. The second-order valence-corrected chi connectivity index (χ2v) is 12.4. The molecule has 4 aromatic rings. The van der Waals surface area contributed by atoms with Gasteiger partial charge in [0.2, 0.25) is 11.8 Å². The quantitative estimate of drug-likeness (QED) is 0.234. The van der Waals surface area contributed by atoms with E-state index in [0.717, 1.165) is 30.7 Å². The molecular weight excluding hydrogens is 602 g/mol. The minimum Gasteiger partial charge on any atom is -0.472 e. The van der Waals surface area contributed by atoms with Crippen LogP contribution >= 0.6 is 11.3 Å². The summed E-state index contributed by atoms with van der Waals surface area (Å²) in [5, 5.41) is 0.0537. The maximum atomic E-state index is 16.4. The first-order valence-electron chi connectivity index (χ1n) is 14.2. The predicted molar refractivity (Wildman–Crippen MR) is 155 cm³/mol. The monoisotopic (exact) mass is 629 g/mol. The topological polar surface area (TPSA) is 120 Å². The standard InChI is InChI=1S/C29H27F4N7O3S/c1-2-19(41)39-7-4-15(12-39)43-26-16-10-35-23(20-17(31)8-18(32)25-24(20)36-27(34)44-25)21(33)22(16)37-28(38-26)42-13-29-5-3-6-40(29)11-14(30)9-29/h2,8,10,14-15H,1,3-7,9,11-13H2,(H2,34,36)/t14-,15-,29+/m1/s1. The third-order valence-electron chi connectivity index (χ3n) is 8.60. The van der Waals surface area contributed by atoms with Gasteiger partial charge in [0.05, 0.1) is 33.2 Å². The van der Waals surface area contributed by atoms with Crippen molar-refractivity contribution in [3.63, 3.8) is 0 Å². The van der Waals surface area contributed by atoms with E-state index in [1.807, 2.05) is 0 Å². The van der Waals surface area contributed by atoms with Crippen LogP contribution < -0.4 is 15.2 Å². The largest absolute Gasteiger partial charge is 0.472 e. The smallest absolute Gasteiger partial charge is 0.320 e. The number of carbonyl (C=O) groups is 1. The number of carbonyl (C=O) groups excluding carboxylic acids is 1. The van der Waals surface area contributed by atoms with Gasteiger partial charge in [0.15, 0.2) is 10.9 Å². The summed E-state index contributed by atoms with van der Waals surface area (Å²) in [4.78, 5) is 32.7. The van der Waals surface area contributed by atoms with Crippen molar-refractivity contribution in [2.45, 2.75) is 43.5 Å². The van der Waals surface area contributed by atoms with Crippen LogP contribution in [0.15, 0.2) is 24.9 Å². The molecule has 3 atom stereocenters. The van der Waals surface area contributed by atoms with Crippen LogP contribution in [0.1, 0.15) is 25.7 Å². The van der Waals surface area contributed by atoms with Gasteiger partial charge < -0.3 is 20.1 Å². The Morgan fingerprint density at radius 1 is 1.18 bits per heavy atom. The first kappa shape index (κ1) is 28.6. The lowest BCUT2D eigenvalue weighted by Gasteiger charge is -2.30. The second kappa shape index (κ2) is 10.8. The predicted octanol–water partition coefficient (Wildman–Crippen LogP) is 4.42. The molecule has 3 aliphatic rings. The average Bonchev–Trinajstić information content (AvgIpc) is 3.76. The number of nitrogens with two attached hydrogens (primary N) is 1. The Bertz CT molecular complexity index is 1820. The summed E-state index contributed by atoms with van der Waals surface area (Å²) in [6.07, 6.45) is 3.41. The van der Waals surface area contributed by atoms with E-state index in [9.17, 15) is 13.6 Å². The van der Waals surface area contributed by atoms with Crippen LogP contribution in [-0.4, -0.2) is 86.2 Å². The van der Waals surface area contributed by atoms with Gasteiger partial charge in [-0.05, 0) is 25.5 Å². The van der Waals surface area contributed by atoms with Gasteiger partial charge in [0.25, 0.3) is 0 Å². The van der Waals surface area contributed by atoms with Crippen LogP contribution in [0.5, 0.6) is 11.9 Å². The third-order valence-corrected chi connectivity index (χ3v) is 9.49. The van der Waals surface area contributed by atoms with Crippen LogP contribution in [0.3, 0.4) is 0 Å². The summed E-state index contributed by atoms with van der Waals surface area (Å²) in [6, 6.07) is 0.415. The molecule has 6 heterocycles. The molecule has 3 saturated heterocycles. The number of ether oxygens (including phenoxy) is 2. The molecule has 1 aromatic carbocycles. The van der Waals surface area contributed by atoms with E-state index in [1.165, 1.54) is 12.3 Å². The van der Waals surface area contributed by atoms with Crippen molar-refractivity contribution in [2.75, 3.05) is 38.5 Å². The number of hydrogen-bond donors (Lipinski definition) is 1. The lowest BCUT2D eigenvalue weighted by atomic mass is 9.95. The molecule has 3 aromatic heterocycles. The minimum atomic E-state index is -1.08. The number of aromatic nitrogens is 4. The van der Waals surface area contributed by atoms with Crippen LogP contribution in [0.4, 0.5) is 22.7 Å². The molecule has 2 N–H and O–H groups in total. The molecule has 7 rings (SSSR count). The highest BCUT2D eigenvalue weighted by Crippen LogP contribution is 2.42. The minimum absolute atomic E-state index is 0.0241. The molecule has 3 fully saturated rings. The number of amides is 1. The van der Waals surface area contributed by atoms with E-state index in [-0.39, 0.29) is 62.8 Å². The van der Waals surface area contributed by atoms with Gasteiger partial charge in [-0.15, -0.1) is 0 Å². The van der Waals surface area contributed by atoms with E-state index < -0.39 is 41.0 Å². The summed E-state index contributed by atoms with van der Waals surface area (Å²) in [5.74, 6) is -3.28. The highest BCUT2D eigenvalue weighted by Gasteiger charge is 2.49. The number of fused-ring (bicyclic) bond motifs is 3. The van der Waals surface area contributed by atoms with E-state index in [2.05, 4.69) is 31.4 Å². The van der Waals surface area contributed by atoms with Gasteiger partial charge >= 0.3 is 6.01 Å². The van der Waals surface area contributed by atoms with Crippen molar-refractivity contribution >= 4 is 43.5 Å². The molecule has 3 aliphatic heterocycles. The van der Waals surface area contributed by atoms with Crippen molar-refractivity contribution in [1.29, 1.82) is 0 Å². The second-order valence-electron chi connectivity index (χ2n) is 11.3. The summed E-state index contributed by atoms with van der Waals surface area (Å²) in [5.41, 5.74) is 3.97. The summed E-state index contributed by atoms with van der Waals surface area (Å²) in [6.45, 7) is 5.34. The molecular formula is C29H27F4N7O3S. The van der Waals surface area contributed by atoms with Crippen molar-refractivity contribution in [3.8, 4) is 23.1 Å². The Morgan fingerprint density at radius 3 is 2.84 bits per heavy atom. The first-order valence-corrected chi connectivity index (χ1v) is 15.0. The molecule has 0 radical (unpaired) electrons. The van der Waals surface area contributed by atoms with Crippen LogP contribution in [0.25, 0.3) is 32.4 Å². The van der Waals surface area contributed by atoms with E-state index in [0.29, 0.717) is 32.0 Å². The van der Waals surface area contributed by atoms with E-state index in [1.54, 1.807) is 4.90 Å².